The lowest BCUT2D eigenvalue weighted by Gasteiger charge is -2.10. The summed E-state index contributed by atoms with van der Waals surface area (Å²) < 4.78 is 0. The zero-order valence-corrected chi connectivity index (χ0v) is 11.8. The van der Waals surface area contributed by atoms with Crippen LogP contribution in [-0.2, 0) is 0 Å². The van der Waals surface area contributed by atoms with Crippen LogP contribution in [0.1, 0.15) is 16.1 Å². The Morgan fingerprint density at radius 1 is 1.24 bits per heavy atom. The number of hydrogen-bond donors (Lipinski definition) is 3. The molecule has 2 aromatic rings. The molecule has 0 spiro atoms. The second-order valence-corrected chi connectivity index (χ2v) is 4.62. The fourth-order valence-corrected chi connectivity index (χ4v) is 1.93. The molecule has 0 atom stereocenters. The van der Waals surface area contributed by atoms with Crippen LogP contribution in [0.4, 0.5) is 16.2 Å². The monoisotopic (exact) mass is 305 g/mol. The van der Waals surface area contributed by atoms with Gasteiger partial charge >= 0.3 is 12.0 Å². The van der Waals surface area contributed by atoms with Crippen molar-refractivity contribution in [1.82, 2.24) is 4.98 Å². The molecule has 108 valence electrons. The number of hydrogen-bond acceptors (Lipinski definition) is 3. The molecule has 1 heterocycles. The third-order valence-electron chi connectivity index (χ3n) is 2.71. The number of anilines is 2. The summed E-state index contributed by atoms with van der Waals surface area (Å²) in [5.41, 5.74) is 1.64. The smallest absolute Gasteiger partial charge is 0.337 e. The van der Waals surface area contributed by atoms with E-state index in [0.29, 0.717) is 17.1 Å². The van der Waals surface area contributed by atoms with Crippen molar-refractivity contribution >= 4 is 35.0 Å². The molecule has 0 aliphatic heterocycles. The largest absolute Gasteiger partial charge is 0.478 e. The molecule has 2 amide bonds. The highest BCUT2D eigenvalue weighted by molar-refractivity contribution is 6.33. The Labute approximate surface area is 125 Å². The van der Waals surface area contributed by atoms with Crippen LogP contribution >= 0.6 is 11.6 Å². The lowest BCUT2D eigenvalue weighted by Crippen LogP contribution is -2.20. The Balaban J connectivity index is 2.08. The number of pyridine rings is 1. The number of benzene rings is 1. The van der Waals surface area contributed by atoms with Gasteiger partial charge in [0.05, 0.1) is 22.0 Å². The van der Waals surface area contributed by atoms with Gasteiger partial charge in [-0.1, -0.05) is 11.6 Å². The van der Waals surface area contributed by atoms with E-state index < -0.39 is 12.0 Å². The van der Waals surface area contributed by atoms with Crippen molar-refractivity contribution in [2.75, 3.05) is 10.6 Å². The number of aromatic carboxylic acids is 1. The van der Waals surface area contributed by atoms with Crippen LogP contribution in [0, 0.1) is 6.92 Å². The summed E-state index contributed by atoms with van der Waals surface area (Å²) in [4.78, 5) is 26.8. The highest BCUT2D eigenvalue weighted by Crippen LogP contribution is 2.21. The summed E-state index contributed by atoms with van der Waals surface area (Å²) >= 11 is 5.83. The van der Waals surface area contributed by atoms with Gasteiger partial charge in [-0.2, -0.15) is 0 Å². The maximum atomic E-state index is 11.9. The van der Waals surface area contributed by atoms with E-state index in [-0.39, 0.29) is 10.6 Å². The van der Waals surface area contributed by atoms with Gasteiger partial charge in [-0.25, -0.2) is 9.59 Å². The molecule has 0 fully saturated rings. The molecule has 0 bridgehead atoms. The van der Waals surface area contributed by atoms with E-state index in [9.17, 15) is 9.59 Å². The number of amides is 2. The quantitative estimate of drug-likeness (QED) is 0.810. The third-order valence-corrected chi connectivity index (χ3v) is 3.03. The van der Waals surface area contributed by atoms with Gasteiger partial charge in [0, 0.05) is 11.9 Å². The van der Waals surface area contributed by atoms with Gasteiger partial charge in [0.2, 0.25) is 0 Å². The first-order valence-corrected chi connectivity index (χ1v) is 6.37. The zero-order valence-electron chi connectivity index (χ0n) is 11.1. The number of carboxylic acids is 1. The minimum Gasteiger partial charge on any atom is -0.478 e. The number of rotatable bonds is 3. The fourth-order valence-electron chi connectivity index (χ4n) is 1.67. The van der Waals surface area contributed by atoms with Crippen LogP contribution in [0.2, 0.25) is 5.02 Å². The number of aryl methyl sites for hydroxylation is 1. The minimum absolute atomic E-state index is 0.0225. The number of nitrogens with one attached hydrogen (secondary N) is 2. The maximum absolute atomic E-state index is 11.9. The average Bonchev–Trinajstić information content (AvgIpc) is 2.41. The highest BCUT2D eigenvalue weighted by atomic mass is 35.5. The summed E-state index contributed by atoms with van der Waals surface area (Å²) in [5, 5.41) is 14.1. The van der Waals surface area contributed by atoms with Crippen LogP contribution in [0.5, 0.6) is 0 Å². The third kappa shape index (κ3) is 3.70. The van der Waals surface area contributed by atoms with E-state index in [2.05, 4.69) is 15.6 Å². The Kier molecular flexibility index (Phi) is 4.39. The summed E-state index contributed by atoms with van der Waals surface area (Å²) in [7, 11) is 0. The first kappa shape index (κ1) is 14.8. The SMILES string of the molecule is Cc1ncccc1NC(=O)Nc1ccc(C(=O)O)c(Cl)c1. The summed E-state index contributed by atoms with van der Waals surface area (Å²) in [5.74, 6) is -1.12. The normalized spacial score (nSPS) is 10.0. The van der Waals surface area contributed by atoms with Crippen molar-refractivity contribution in [2.45, 2.75) is 6.92 Å². The molecule has 0 aliphatic carbocycles. The molecule has 0 unspecified atom stereocenters. The molecule has 1 aromatic heterocycles. The van der Waals surface area contributed by atoms with Crippen molar-refractivity contribution in [1.29, 1.82) is 0 Å². The second-order valence-electron chi connectivity index (χ2n) is 4.22. The van der Waals surface area contributed by atoms with Crippen molar-refractivity contribution in [2.24, 2.45) is 0 Å². The van der Waals surface area contributed by atoms with E-state index >= 15 is 0 Å². The Morgan fingerprint density at radius 2 is 2.00 bits per heavy atom. The average molecular weight is 306 g/mol. The summed E-state index contributed by atoms with van der Waals surface area (Å²) in [6.07, 6.45) is 1.63. The molecule has 3 N–H and O–H groups in total. The minimum atomic E-state index is -1.12. The lowest BCUT2D eigenvalue weighted by molar-refractivity contribution is 0.0697. The van der Waals surface area contributed by atoms with E-state index in [1.165, 1.54) is 18.2 Å². The number of carboxylic acid groups (broad SMARTS) is 1. The molecule has 0 radical (unpaired) electrons. The Bertz CT molecular complexity index is 704. The molecular weight excluding hydrogens is 294 g/mol. The maximum Gasteiger partial charge on any atom is 0.337 e. The van der Waals surface area contributed by atoms with Gasteiger partial charge in [0.1, 0.15) is 0 Å². The fraction of sp³-hybridized carbons (Fsp3) is 0.0714. The molecule has 21 heavy (non-hydrogen) atoms. The molecule has 1 aromatic carbocycles. The zero-order chi connectivity index (χ0) is 15.4. The van der Waals surface area contributed by atoms with Crippen molar-refractivity contribution < 1.29 is 14.7 Å². The van der Waals surface area contributed by atoms with Gasteiger partial charge in [-0.3, -0.25) is 4.98 Å². The number of urea groups is 1. The van der Waals surface area contributed by atoms with E-state index in [1.54, 1.807) is 25.3 Å². The van der Waals surface area contributed by atoms with Crippen LogP contribution in [0.3, 0.4) is 0 Å². The number of halogens is 1. The summed E-state index contributed by atoms with van der Waals surface area (Å²) in [6, 6.07) is 7.13. The van der Waals surface area contributed by atoms with Crippen molar-refractivity contribution in [3.05, 3.63) is 52.8 Å². The molecule has 7 heteroatoms. The first-order valence-electron chi connectivity index (χ1n) is 6.00. The molecule has 0 aliphatic rings. The van der Waals surface area contributed by atoms with Gasteiger partial charge in [-0.15, -0.1) is 0 Å². The predicted octanol–water partition coefficient (Wildman–Crippen LogP) is 3.39. The number of carbonyl (C=O) groups is 2. The van der Waals surface area contributed by atoms with Crippen molar-refractivity contribution in [3.8, 4) is 0 Å². The predicted molar refractivity (Wildman–Crippen MR) is 80.0 cm³/mol. The molecular formula is C14H12ClN3O3. The van der Waals surface area contributed by atoms with Gasteiger partial charge in [0.25, 0.3) is 0 Å². The Morgan fingerprint density at radius 3 is 2.62 bits per heavy atom. The molecule has 2 rings (SSSR count). The van der Waals surface area contributed by atoms with E-state index in [0.717, 1.165) is 0 Å². The molecule has 0 saturated carbocycles. The van der Waals surface area contributed by atoms with E-state index in [1.807, 2.05) is 0 Å². The van der Waals surface area contributed by atoms with Crippen LogP contribution in [-0.4, -0.2) is 22.1 Å². The van der Waals surface area contributed by atoms with Crippen molar-refractivity contribution in [3.63, 3.8) is 0 Å². The second kappa shape index (κ2) is 6.23. The summed E-state index contributed by atoms with van der Waals surface area (Å²) in [6.45, 7) is 1.77. The van der Waals surface area contributed by atoms with Crippen LogP contribution in [0.15, 0.2) is 36.5 Å². The number of nitrogens with zero attached hydrogens (tertiary/aromatic N) is 1. The number of carbonyl (C=O) groups excluding carboxylic acids is 1. The van der Waals surface area contributed by atoms with Crippen LogP contribution in [0.25, 0.3) is 0 Å². The van der Waals surface area contributed by atoms with Gasteiger partial charge in [-0.05, 0) is 37.3 Å². The van der Waals surface area contributed by atoms with Crippen LogP contribution < -0.4 is 10.6 Å². The molecule has 6 nitrogen and oxygen atoms in total. The number of aromatic nitrogens is 1. The lowest BCUT2D eigenvalue weighted by atomic mass is 10.2. The first-order chi connectivity index (χ1) is 9.97. The van der Waals surface area contributed by atoms with E-state index in [4.69, 9.17) is 16.7 Å². The van der Waals surface area contributed by atoms with Gasteiger partial charge in [0.15, 0.2) is 0 Å². The highest BCUT2D eigenvalue weighted by Gasteiger charge is 2.10. The van der Waals surface area contributed by atoms with Gasteiger partial charge < -0.3 is 15.7 Å². The Hall–Kier alpha value is -2.60. The standard InChI is InChI=1S/C14H12ClN3O3/c1-8-12(3-2-6-16-8)18-14(21)17-9-4-5-10(13(19)20)11(15)7-9/h2-7H,1H3,(H,19,20)(H2,17,18,21). The topological polar surface area (TPSA) is 91.3 Å². The molecule has 0 saturated heterocycles.